The number of carboxylic acid groups (broad SMARTS) is 1. The summed E-state index contributed by atoms with van der Waals surface area (Å²) in [6.45, 7) is -0.162. The smallest absolute Gasteiger partial charge is 0.305 e. The Hall–Kier alpha value is -3.46. The highest BCUT2D eigenvalue weighted by Crippen LogP contribution is 2.27. The van der Waals surface area contributed by atoms with Gasteiger partial charge in [-0.05, 0) is 42.0 Å². The molecule has 0 saturated carbocycles. The Morgan fingerprint density at radius 2 is 1.76 bits per heavy atom. The molecule has 0 radical (unpaired) electrons. The van der Waals surface area contributed by atoms with E-state index in [9.17, 15) is 38.1 Å². The number of hydrogen-bond acceptors (Lipinski definition) is 10. The van der Waals surface area contributed by atoms with Crippen molar-refractivity contribution in [1.29, 1.82) is 0 Å². The van der Waals surface area contributed by atoms with Gasteiger partial charge in [0.25, 0.3) is 5.91 Å². The number of hydrogen-bond donors (Lipinski definition) is 5. The minimum absolute atomic E-state index is 0.00480. The first-order valence-electron chi connectivity index (χ1n) is 10.7. The molecule has 1 aromatic carbocycles. The fraction of sp³-hybridized carbons (Fsp3) is 0.217. The fourth-order valence-electron chi connectivity index (χ4n) is 3.01. The predicted octanol–water partition coefficient (Wildman–Crippen LogP) is 2.11. The number of aromatic nitrogens is 1. The fourth-order valence-corrected chi connectivity index (χ4v) is 5.91. The van der Waals surface area contributed by atoms with E-state index in [1.54, 1.807) is 24.5 Å². The van der Waals surface area contributed by atoms with Crippen LogP contribution < -0.4 is 10.0 Å². The van der Waals surface area contributed by atoms with E-state index in [0.717, 1.165) is 35.1 Å². The number of carbonyl (C=O) groups is 3. The van der Waals surface area contributed by atoms with Crippen LogP contribution in [0.2, 0.25) is 0 Å². The molecule has 1 atom stereocenters. The van der Waals surface area contributed by atoms with Gasteiger partial charge in [-0.2, -0.15) is 0 Å². The molecular weight excluding hydrogens is 542 g/mol. The lowest BCUT2D eigenvalue weighted by atomic mass is 10.1. The van der Waals surface area contributed by atoms with Crippen molar-refractivity contribution in [2.45, 2.75) is 29.7 Å². The number of nitrogens with one attached hydrogen (secondary N) is 2. The van der Waals surface area contributed by atoms with E-state index in [1.165, 1.54) is 23.9 Å². The molecule has 0 aliphatic rings. The number of benzene rings is 1. The third-order valence-electron chi connectivity index (χ3n) is 4.91. The Kier molecular flexibility index (Phi) is 9.63. The largest absolute Gasteiger partial charge is 0.504 e. The highest BCUT2D eigenvalue weighted by Gasteiger charge is 2.25. The molecule has 5 N–H and O–H groups in total. The van der Waals surface area contributed by atoms with Gasteiger partial charge in [-0.25, -0.2) is 13.1 Å². The molecule has 0 spiro atoms. The minimum atomic E-state index is -4.01. The van der Waals surface area contributed by atoms with Crippen LogP contribution >= 0.6 is 23.1 Å². The van der Waals surface area contributed by atoms with Crippen LogP contribution in [0.5, 0.6) is 11.5 Å². The molecule has 3 aromatic rings. The summed E-state index contributed by atoms with van der Waals surface area (Å²) in [5, 5.41) is 30.5. The van der Waals surface area contributed by atoms with Gasteiger partial charge in [0.1, 0.15) is 0 Å². The molecule has 2 heterocycles. The van der Waals surface area contributed by atoms with Gasteiger partial charge in [0.2, 0.25) is 10.0 Å². The molecule has 2 aromatic heterocycles. The third kappa shape index (κ3) is 8.28. The summed E-state index contributed by atoms with van der Waals surface area (Å²) in [5.41, 5.74) is 0.954. The number of pyridine rings is 1. The number of Topliss-reactive ketones (excluding diaryl/α,β-unsaturated/α-hetero) is 1. The Balaban J connectivity index is 1.58. The van der Waals surface area contributed by atoms with Crippen molar-refractivity contribution in [3.8, 4) is 11.5 Å². The van der Waals surface area contributed by atoms with Crippen LogP contribution in [0.25, 0.3) is 0 Å². The van der Waals surface area contributed by atoms with Gasteiger partial charge in [-0.3, -0.25) is 19.4 Å². The van der Waals surface area contributed by atoms with Gasteiger partial charge < -0.3 is 20.6 Å². The zero-order valence-electron chi connectivity index (χ0n) is 19.2. The minimum Gasteiger partial charge on any atom is -0.504 e. The van der Waals surface area contributed by atoms with Crippen LogP contribution in [-0.2, 0) is 31.9 Å². The maximum Gasteiger partial charge on any atom is 0.305 e. The Morgan fingerprint density at radius 3 is 2.43 bits per heavy atom. The van der Waals surface area contributed by atoms with Crippen molar-refractivity contribution < 1.29 is 38.1 Å². The van der Waals surface area contributed by atoms with Gasteiger partial charge in [0.15, 0.2) is 17.3 Å². The van der Waals surface area contributed by atoms with Crippen LogP contribution in [0.4, 0.5) is 0 Å². The number of thioether (sulfide) groups is 1. The summed E-state index contributed by atoms with van der Waals surface area (Å²) in [4.78, 5) is 40.9. The van der Waals surface area contributed by atoms with Crippen LogP contribution in [-0.4, -0.2) is 58.2 Å². The van der Waals surface area contributed by atoms with E-state index in [-0.39, 0.29) is 22.1 Å². The highest BCUT2D eigenvalue weighted by atomic mass is 32.2. The van der Waals surface area contributed by atoms with E-state index < -0.39 is 51.6 Å². The maximum atomic E-state index is 12.7. The van der Waals surface area contributed by atoms with Crippen LogP contribution in [0.3, 0.4) is 0 Å². The van der Waals surface area contributed by atoms with Crippen molar-refractivity contribution in [3.05, 3.63) is 70.2 Å². The standard InChI is InChI=1S/C23H23N3O8S3/c27-18-3-2-16(9-19(18)28)37(33,34)25-11-15-1-4-21(36-15)23(32)26-17(10-22(30)31)20(29)13-35-12-14-5-7-24-8-6-14/h1-9,17,25,27-28H,10-13H2,(H,26,32)(H,30,31)/t17-/m0/s1. The Bertz CT molecular complexity index is 1380. The van der Waals surface area contributed by atoms with Crippen molar-refractivity contribution in [2.24, 2.45) is 0 Å². The number of amides is 1. The average Bonchev–Trinajstić information content (AvgIpc) is 3.34. The van der Waals surface area contributed by atoms with E-state index in [1.807, 2.05) is 0 Å². The van der Waals surface area contributed by atoms with Gasteiger partial charge >= 0.3 is 5.97 Å². The van der Waals surface area contributed by atoms with Gasteiger partial charge in [-0.1, -0.05) is 0 Å². The molecule has 3 rings (SSSR count). The second-order valence-electron chi connectivity index (χ2n) is 7.68. The normalized spacial score (nSPS) is 12.1. The summed E-state index contributed by atoms with van der Waals surface area (Å²) in [5.74, 6) is -2.84. The third-order valence-corrected chi connectivity index (χ3v) is 8.42. The first-order chi connectivity index (χ1) is 17.5. The molecule has 0 bridgehead atoms. The van der Waals surface area contributed by atoms with Crippen LogP contribution in [0, 0.1) is 0 Å². The van der Waals surface area contributed by atoms with Crippen LogP contribution in [0.1, 0.15) is 26.5 Å². The van der Waals surface area contributed by atoms with E-state index in [2.05, 4.69) is 15.0 Å². The molecule has 37 heavy (non-hydrogen) atoms. The van der Waals surface area contributed by atoms with E-state index in [0.29, 0.717) is 10.6 Å². The maximum absolute atomic E-state index is 12.7. The zero-order chi connectivity index (χ0) is 27.0. The first kappa shape index (κ1) is 28.1. The van der Waals surface area contributed by atoms with Gasteiger partial charge in [-0.15, -0.1) is 23.1 Å². The molecule has 14 heteroatoms. The quantitative estimate of drug-likeness (QED) is 0.192. The molecule has 0 unspecified atom stereocenters. The molecule has 1 amide bonds. The number of phenols is 2. The lowest BCUT2D eigenvalue weighted by Gasteiger charge is -2.15. The number of rotatable bonds is 13. The Morgan fingerprint density at radius 1 is 1.03 bits per heavy atom. The number of nitrogens with zero attached hydrogens (tertiary/aromatic N) is 1. The number of aliphatic carboxylic acids is 1. The number of carboxylic acids is 1. The summed E-state index contributed by atoms with van der Waals surface area (Å²) < 4.78 is 27.2. The Labute approximate surface area is 220 Å². The highest BCUT2D eigenvalue weighted by molar-refractivity contribution is 7.99. The van der Waals surface area contributed by atoms with Crippen molar-refractivity contribution in [2.75, 3.05) is 5.75 Å². The van der Waals surface area contributed by atoms with Crippen molar-refractivity contribution >= 4 is 50.8 Å². The molecule has 0 fully saturated rings. The second-order valence-corrected chi connectivity index (χ2v) is 11.6. The molecule has 0 saturated heterocycles. The summed E-state index contributed by atoms with van der Waals surface area (Å²) in [6, 6.07) is 8.42. The summed E-state index contributed by atoms with van der Waals surface area (Å²) >= 11 is 2.26. The molecule has 0 aliphatic heterocycles. The van der Waals surface area contributed by atoms with E-state index >= 15 is 0 Å². The SMILES string of the molecule is O=C(O)C[C@H](NC(=O)c1ccc(CNS(=O)(=O)c2ccc(O)c(O)c2)s1)C(=O)CSCc1ccncc1. The van der Waals surface area contributed by atoms with Gasteiger partial charge in [0.05, 0.1) is 28.0 Å². The molecule has 0 aliphatic carbocycles. The number of sulfonamides is 1. The lowest BCUT2D eigenvalue weighted by Crippen LogP contribution is -2.43. The van der Waals surface area contributed by atoms with Crippen LogP contribution in [0.15, 0.2) is 59.8 Å². The van der Waals surface area contributed by atoms with Crippen molar-refractivity contribution in [1.82, 2.24) is 15.0 Å². The average molecular weight is 566 g/mol. The number of thiophene rings is 1. The summed E-state index contributed by atoms with van der Waals surface area (Å²) in [6.07, 6.45) is 2.69. The number of phenolic OH excluding ortho intramolecular Hbond substituents is 2. The number of carbonyl (C=O) groups excluding carboxylic acids is 2. The number of aromatic hydroxyl groups is 2. The monoisotopic (exact) mass is 565 g/mol. The molecular formula is C23H23N3O8S3. The molecule has 196 valence electrons. The predicted molar refractivity (Wildman–Crippen MR) is 137 cm³/mol. The zero-order valence-corrected chi connectivity index (χ0v) is 21.6. The van der Waals surface area contributed by atoms with Gasteiger partial charge in [0, 0.05) is 35.6 Å². The lowest BCUT2D eigenvalue weighted by molar-refractivity contribution is -0.139. The summed E-state index contributed by atoms with van der Waals surface area (Å²) in [7, 11) is -4.01. The van der Waals surface area contributed by atoms with E-state index in [4.69, 9.17) is 0 Å². The number of ketones is 1. The first-order valence-corrected chi connectivity index (χ1v) is 14.1. The second kappa shape index (κ2) is 12.7. The molecule has 11 nitrogen and oxygen atoms in total. The van der Waals surface area contributed by atoms with Crippen molar-refractivity contribution in [3.63, 3.8) is 0 Å². The topological polar surface area (TPSA) is 183 Å².